The highest BCUT2D eigenvalue weighted by molar-refractivity contribution is 7.13. The number of hydrogen-bond acceptors (Lipinski definition) is 5. The third-order valence-electron chi connectivity index (χ3n) is 1.87. The Morgan fingerprint density at radius 3 is 2.94 bits per heavy atom. The van der Waals surface area contributed by atoms with Gasteiger partial charge in [-0.2, -0.15) is 0 Å². The van der Waals surface area contributed by atoms with E-state index in [2.05, 4.69) is 10.2 Å². The van der Waals surface area contributed by atoms with E-state index < -0.39 is 5.82 Å². The van der Waals surface area contributed by atoms with Gasteiger partial charge < -0.3 is 9.84 Å². The van der Waals surface area contributed by atoms with Crippen LogP contribution in [0.5, 0.6) is 10.9 Å². The van der Waals surface area contributed by atoms with Crippen LogP contribution in [-0.2, 0) is 6.61 Å². The maximum absolute atomic E-state index is 13.3. The predicted octanol–water partition coefficient (Wildman–Crippen LogP) is 2.27. The summed E-state index contributed by atoms with van der Waals surface area (Å²) in [6.45, 7) is 1.64. The van der Waals surface area contributed by atoms with Crippen molar-refractivity contribution < 1.29 is 14.2 Å². The lowest BCUT2D eigenvalue weighted by Gasteiger charge is -2.03. The third-order valence-corrected chi connectivity index (χ3v) is 2.65. The minimum absolute atomic E-state index is 0.112. The second-order valence-corrected chi connectivity index (χ2v) is 4.18. The van der Waals surface area contributed by atoms with Gasteiger partial charge in [-0.15, -0.1) is 5.10 Å². The highest BCUT2D eigenvalue weighted by Crippen LogP contribution is 2.27. The van der Waals surface area contributed by atoms with Crippen molar-refractivity contribution in [2.24, 2.45) is 0 Å². The van der Waals surface area contributed by atoms with Crippen molar-refractivity contribution in [1.29, 1.82) is 0 Å². The number of aliphatic hydroxyl groups is 1. The summed E-state index contributed by atoms with van der Waals surface area (Å²) in [5.74, 6) is -0.341. The quantitative estimate of drug-likeness (QED) is 0.894. The van der Waals surface area contributed by atoms with E-state index in [1.165, 1.54) is 6.07 Å². The van der Waals surface area contributed by atoms with Gasteiger partial charge >= 0.3 is 0 Å². The van der Waals surface area contributed by atoms with Crippen LogP contribution in [0.25, 0.3) is 0 Å². The molecule has 1 aromatic heterocycles. The maximum Gasteiger partial charge on any atom is 0.299 e. The molecule has 4 nitrogen and oxygen atoms in total. The summed E-state index contributed by atoms with van der Waals surface area (Å²) in [6, 6.07) is 4.56. The zero-order valence-electron chi connectivity index (χ0n) is 8.48. The van der Waals surface area contributed by atoms with Gasteiger partial charge in [0.2, 0.25) is 0 Å². The largest absolute Gasteiger partial charge is 0.427 e. The van der Waals surface area contributed by atoms with E-state index in [9.17, 15) is 4.39 Å². The zero-order valence-corrected chi connectivity index (χ0v) is 9.29. The Labute approximate surface area is 95.3 Å². The smallest absolute Gasteiger partial charge is 0.299 e. The van der Waals surface area contributed by atoms with Crippen molar-refractivity contribution in [2.75, 3.05) is 0 Å². The molecular formula is C10H9FN2O2S. The van der Waals surface area contributed by atoms with Crippen LogP contribution >= 0.6 is 11.3 Å². The fourth-order valence-electron chi connectivity index (χ4n) is 1.13. The molecule has 0 saturated heterocycles. The van der Waals surface area contributed by atoms with Gasteiger partial charge in [-0.05, 0) is 24.6 Å². The minimum atomic E-state index is -0.452. The van der Waals surface area contributed by atoms with Crippen molar-refractivity contribution in [3.63, 3.8) is 0 Å². The molecule has 0 atom stereocenters. The molecule has 0 amide bonds. The van der Waals surface area contributed by atoms with Crippen LogP contribution in [0.15, 0.2) is 18.2 Å². The van der Waals surface area contributed by atoms with E-state index >= 15 is 0 Å². The van der Waals surface area contributed by atoms with Gasteiger partial charge in [-0.25, -0.2) is 4.39 Å². The average Bonchev–Trinajstić information content (AvgIpc) is 2.71. The molecule has 0 aliphatic rings. The normalized spacial score (nSPS) is 10.4. The molecule has 1 heterocycles. The van der Waals surface area contributed by atoms with Gasteiger partial charge in [-0.3, -0.25) is 0 Å². The SMILES string of the molecule is Cc1ccc(F)c(Oc2nnc(CO)s2)c1. The van der Waals surface area contributed by atoms with Crippen LogP contribution in [0, 0.1) is 12.7 Å². The molecule has 84 valence electrons. The third kappa shape index (κ3) is 2.34. The number of benzene rings is 1. The number of aliphatic hydroxyl groups excluding tert-OH is 1. The number of aryl methyl sites for hydroxylation is 1. The number of halogens is 1. The van der Waals surface area contributed by atoms with Crippen LogP contribution in [0.2, 0.25) is 0 Å². The molecule has 0 unspecified atom stereocenters. The molecule has 0 aliphatic carbocycles. The first-order chi connectivity index (χ1) is 7.69. The van der Waals surface area contributed by atoms with Gasteiger partial charge in [-0.1, -0.05) is 22.5 Å². The van der Waals surface area contributed by atoms with Gasteiger partial charge in [0.05, 0.1) is 6.61 Å². The average molecular weight is 240 g/mol. The molecule has 2 aromatic rings. The van der Waals surface area contributed by atoms with E-state index in [4.69, 9.17) is 9.84 Å². The molecule has 0 radical (unpaired) electrons. The number of hydrogen-bond donors (Lipinski definition) is 1. The van der Waals surface area contributed by atoms with Crippen LogP contribution in [0.1, 0.15) is 10.6 Å². The number of nitrogens with zero attached hydrogens (tertiary/aromatic N) is 2. The predicted molar refractivity (Wildman–Crippen MR) is 57.0 cm³/mol. The highest BCUT2D eigenvalue weighted by Gasteiger charge is 2.09. The fourth-order valence-corrected chi connectivity index (χ4v) is 1.69. The molecule has 1 N–H and O–H groups in total. The van der Waals surface area contributed by atoms with Crippen LogP contribution in [-0.4, -0.2) is 15.3 Å². The molecule has 0 fully saturated rings. The van der Waals surface area contributed by atoms with Gasteiger partial charge in [0.1, 0.15) is 5.01 Å². The summed E-state index contributed by atoms with van der Waals surface area (Å²) in [5.41, 5.74) is 0.892. The number of aromatic nitrogens is 2. The van der Waals surface area contributed by atoms with Gasteiger partial charge in [0.25, 0.3) is 5.19 Å². The highest BCUT2D eigenvalue weighted by atomic mass is 32.1. The van der Waals surface area contributed by atoms with E-state index in [-0.39, 0.29) is 17.6 Å². The summed E-state index contributed by atoms with van der Waals surface area (Å²) >= 11 is 1.08. The number of rotatable bonds is 3. The summed E-state index contributed by atoms with van der Waals surface area (Å²) in [7, 11) is 0. The Morgan fingerprint density at radius 2 is 2.25 bits per heavy atom. The molecule has 1 aromatic carbocycles. The van der Waals surface area contributed by atoms with E-state index in [1.54, 1.807) is 12.1 Å². The monoisotopic (exact) mass is 240 g/mol. The molecule has 0 aliphatic heterocycles. The minimum Gasteiger partial charge on any atom is -0.427 e. The van der Waals surface area contributed by atoms with E-state index in [1.807, 2.05) is 6.92 Å². The number of ether oxygens (including phenoxy) is 1. The zero-order chi connectivity index (χ0) is 11.5. The molecule has 2 rings (SSSR count). The van der Waals surface area contributed by atoms with E-state index in [0.717, 1.165) is 16.9 Å². The summed E-state index contributed by atoms with van der Waals surface area (Å²) < 4.78 is 18.6. The lowest BCUT2D eigenvalue weighted by molar-refractivity contribution is 0.280. The second kappa shape index (κ2) is 4.54. The molecule has 6 heteroatoms. The van der Waals surface area contributed by atoms with Gasteiger partial charge in [0.15, 0.2) is 11.6 Å². The lowest BCUT2D eigenvalue weighted by Crippen LogP contribution is -1.88. The Kier molecular flexibility index (Phi) is 3.12. The van der Waals surface area contributed by atoms with Crippen LogP contribution in [0.4, 0.5) is 4.39 Å². The van der Waals surface area contributed by atoms with Crippen molar-refractivity contribution in [3.05, 3.63) is 34.6 Å². The Balaban J connectivity index is 2.22. The van der Waals surface area contributed by atoms with Crippen molar-refractivity contribution in [1.82, 2.24) is 10.2 Å². The first-order valence-electron chi connectivity index (χ1n) is 4.56. The molecule has 0 spiro atoms. The Hall–Kier alpha value is -1.53. The molecule has 0 saturated carbocycles. The molecule has 16 heavy (non-hydrogen) atoms. The fraction of sp³-hybridized carbons (Fsp3) is 0.200. The maximum atomic E-state index is 13.3. The second-order valence-electron chi connectivity index (χ2n) is 3.16. The molecular weight excluding hydrogens is 231 g/mol. The van der Waals surface area contributed by atoms with Crippen LogP contribution in [0.3, 0.4) is 0 Å². The topological polar surface area (TPSA) is 55.2 Å². The summed E-state index contributed by atoms with van der Waals surface area (Å²) in [4.78, 5) is 0. The molecule has 0 bridgehead atoms. The van der Waals surface area contributed by atoms with Crippen molar-refractivity contribution in [2.45, 2.75) is 13.5 Å². The Morgan fingerprint density at radius 1 is 1.44 bits per heavy atom. The van der Waals surface area contributed by atoms with Gasteiger partial charge in [0, 0.05) is 0 Å². The Bertz CT molecular complexity index is 501. The van der Waals surface area contributed by atoms with Crippen LogP contribution < -0.4 is 4.74 Å². The summed E-state index contributed by atoms with van der Waals surface area (Å²) in [6.07, 6.45) is 0. The standard InChI is InChI=1S/C10H9FN2O2S/c1-6-2-3-7(11)8(4-6)15-10-13-12-9(5-14)16-10/h2-4,14H,5H2,1H3. The van der Waals surface area contributed by atoms with E-state index in [0.29, 0.717) is 5.01 Å². The van der Waals surface area contributed by atoms with Crippen molar-refractivity contribution >= 4 is 11.3 Å². The van der Waals surface area contributed by atoms with Crippen molar-refractivity contribution in [3.8, 4) is 10.9 Å². The first kappa shape index (κ1) is 11.0. The first-order valence-corrected chi connectivity index (χ1v) is 5.38. The lowest BCUT2D eigenvalue weighted by atomic mass is 10.2. The summed E-state index contributed by atoms with van der Waals surface area (Å²) in [5, 5.41) is 16.8.